The molecule has 1 atom stereocenters. The van der Waals surface area contributed by atoms with Gasteiger partial charge in [0, 0.05) is 18.5 Å². The number of hydrogen-bond acceptors (Lipinski definition) is 4. The number of furan rings is 1. The molecule has 0 fully saturated rings. The van der Waals surface area contributed by atoms with Crippen LogP contribution in [0.4, 0.5) is 13.2 Å². The highest BCUT2D eigenvalue weighted by molar-refractivity contribution is 5.62. The fourth-order valence-corrected chi connectivity index (χ4v) is 2.85. The van der Waals surface area contributed by atoms with Gasteiger partial charge in [0.25, 0.3) is 0 Å². The first-order valence-corrected chi connectivity index (χ1v) is 8.45. The second kappa shape index (κ2) is 7.58. The van der Waals surface area contributed by atoms with Crippen LogP contribution in [0, 0.1) is 6.92 Å². The van der Waals surface area contributed by atoms with Gasteiger partial charge in [-0.2, -0.15) is 18.3 Å². The molecule has 0 saturated carbocycles. The number of H-pyrrole nitrogens is 1. The summed E-state index contributed by atoms with van der Waals surface area (Å²) in [5.41, 5.74) is -0.474. The molecular weight excluding hydrogens is 359 g/mol. The van der Waals surface area contributed by atoms with Gasteiger partial charge in [0.2, 0.25) is 5.60 Å². The molecule has 27 heavy (non-hydrogen) atoms. The number of rotatable bonds is 7. The number of aliphatic hydroxyl groups is 1. The van der Waals surface area contributed by atoms with Gasteiger partial charge >= 0.3 is 6.18 Å². The van der Waals surface area contributed by atoms with Gasteiger partial charge in [-0.05, 0) is 31.2 Å². The molecule has 5 nitrogen and oxygen atoms in total. The smallest absolute Gasteiger partial charge is 0.424 e. The molecule has 0 aliphatic carbocycles. The van der Waals surface area contributed by atoms with Crippen molar-refractivity contribution < 1.29 is 22.7 Å². The fraction of sp³-hybridized carbons (Fsp3) is 0.316. The van der Waals surface area contributed by atoms with E-state index in [1.807, 2.05) is 30.3 Å². The average molecular weight is 379 g/mol. The number of halogens is 3. The van der Waals surface area contributed by atoms with E-state index in [1.165, 1.54) is 13.0 Å². The third-order valence-corrected chi connectivity index (χ3v) is 4.38. The maximum atomic E-state index is 13.4. The maximum Gasteiger partial charge on any atom is 0.424 e. The van der Waals surface area contributed by atoms with Crippen molar-refractivity contribution in [2.45, 2.75) is 31.7 Å². The lowest BCUT2D eigenvalue weighted by Gasteiger charge is -2.28. The van der Waals surface area contributed by atoms with Gasteiger partial charge in [-0.3, -0.25) is 5.10 Å². The first kappa shape index (κ1) is 19.2. The van der Waals surface area contributed by atoms with E-state index in [1.54, 1.807) is 6.20 Å². The molecule has 1 unspecified atom stereocenters. The second-order valence-electron chi connectivity index (χ2n) is 6.33. The van der Waals surface area contributed by atoms with Crippen molar-refractivity contribution in [3.8, 4) is 11.3 Å². The predicted molar refractivity (Wildman–Crippen MR) is 93.7 cm³/mol. The molecule has 0 aliphatic rings. The highest BCUT2D eigenvalue weighted by atomic mass is 19.4. The average Bonchev–Trinajstić information content (AvgIpc) is 3.27. The third kappa shape index (κ3) is 4.06. The Labute approximate surface area is 154 Å². The summed E-state index contributed by atoms with van der Waals surface area (Å²) in [5.74, 6) is -0.186. The lowest BCUT2D eigenvalue weighted by atomic mass is 9.95. The number of aryl methyl sites for hydroxylation is 1. The zero-order valence-corrected chi connectivity index (χ0v) is 14.7. The monoisotopic (exact) mass is 379 g/mol. The third-order valence-electron chi connectivity index (χ3n) is 4.38. The highest BCUT2D eigenvalue weighted by Crippen LogP contribution is 2.42. The number of benzene rings is 1. The van der Waals surface area contributed by atoms with Gasteiger partial charge in [0.05, 0.1) is 11.9 Å². The summed E-state index contributed by atoms with van der Waals surface area (Å²) in [7, 11) is 0. The molecule has 0 saturated heterocycles. The van der Waals surface area contributed by atoms with Crippen molar-refractivity contribution in [2.75, 3.05) is 6.54 Å². The Morgan fingerprint density at radius 2 is 1.89 bits per heavy atom. The van der Waals surface area contributed by atoms with Gasteiger partial charge in [-0.1, -0.05) is 30.3 Å². The first-order chi connectivity index (χ1) is 12.8. The van der Waals surface area contributed by atoms with Crippen LogP contribution in [0.25, 0.3) is 11.3 Å². The summed E-state index contributed by atoms with van der Waals surface area (Å²) in [6.45, 7) is 1.78. The number of nitrogens with zero attached hydrogens (tertiary/aromatic N) is 1. The SMILES string of the molecule is Cc1ccc(C(O)(CCNCc2cn[nH]c2-c2ccccc2)C(F)(F)F)o1. The minimum atomic E-state index is -4.84. The Hall–Kier alpha value is -2.58. The summed E-state index contributed by atoms with van der Waals surface area (Å²) >= 11 is 0. The molecule has 3 N–H and O–H groups in total. The molecule has 1 aromatic carbocycles. The Balaban J connectivity index is 1.65. The van der Waals surface area contributed by atoms with Crippen molar-refractivity contribution >= 4 is 0 Å². The zero-order valence-electron chi connectivity index (χ0n) is 14.7. The van der Waals surface area contributed by atoms with E-state index < -0.39 is 24.0 Å². The van der Waals surface area contributed by atoms with Crippen LogP contribution in [0.1, 0.15) is 23.5 Å². The van der Waals surface area contributed by atoms with Gasteiger partial charge in [0.1, 0.15) is 11.5 Å². The Morgan fingerprint density at radius 3 is 2.52 bits per heavy atom. The molecular formula is C19H20F3N3O2. The number of aromatic nitrogens is 2. The van der Waals surface area contributed by atoms with Gasteiger partial charge in [0.15, 0.2) is 0 Å². The lowest BCUT2D eigenvalue weighted by molar-refractivity contribution is -0.274. The van der Waals surface area contributed by atoms with Crippen molar-refractivity contribution in [1.29, 1.82) is 0 Å². The molecule has 0 radical (unpaired) electrons. The van der Waals surface area contributed by atoms with Crippen molar-refractivity contribution in [3.05, 3.63) is 65.7 Å². The van der Waals surface area contributed by atoms with E-state index in [9.17, 15) is 18.3 Å². The molecule has 0 amide bonds. The molecule has 0 bridgehead atoms. The molecule has 3 rings (SSSR count). The van der Waals surface area contributed by atoms with E-state index >= 15 is 0 Å². The van der Waals surface area contributed by atoms with Crippen LogP contribution < -0.4 is 5.32 Å². The van der Waals surface area contributed by atoms with Crippen LogP contribution in [0.3, 0.4) is 0 Å². The van der Waals surface area contributed by atoms with Crippen LogP contribution in [-0.2, 0) is 12.1 Å². The largest absolute Gasteiger partial charge is 0.463 e. The summed E-state index contributed by atoms with van der Waals surface area (Å²) < 4.78 is 45.3. The van der Waals surface area contributed by atoms with Gasteiger partial charge < -0.3 is 14.8 Å². The summed E-state index contributed by atoms with van der Waals surface area (Å²) in [4.78, 5) is 0. The topological polar surface area (TPSA) is 74.1 Å². The minimum Gasteiger partial charge on any atom is -0.463 e. The van der Waals surface area contributed by atoms with Crippen molar-refractivity contribution in [2.24, 2.45) is 0 Å². The van der Waals surface area contributed by atoms with E-state index in [0.29, 0.717) is 12.3 Å². The summed E-state index contributed by atoms with van der Waals surface area (Å²) in [5, 5.41) is 20.1. The number of alkyl halides is 3. The quantitative estimate of drug-likeness (QED) is 0.544. The van der Waals surface area contributed by atoms with E-state index in [2.05, 4.69) is 15.5 Å². The summed E-state index contributed by atoms with van der Waals surface area (Å²) in [6.07, 6.45) is -3.78. The highest BCUT2D eigenvalue weighted by Gasteiger charge is 2.56. The molecule has 0 spiro atoms. The zero-order chi connectivity index (χ0) is 19.5. The first-order valence-electron chi connectivity index (χ1n) is 8.45. The molecule has 2 aromatic heterocycles. The Bertz CT molecular complexity index is 874. The molecule has 144 valence electrons. The van der Waals surface area contributed by atoms with Crippen molar-refractivity contribution in [3.63, 3.8) is 0 Å². The normalized spacial score (nSPS) is 14.3. The fourth-order valence-electron chi connectivity index (χ4n) is 2.85. The van der Waals surface area contributed by atoms with E-state index in [4.69, 9.17) is 4.42 Å². The van der Waals surface area contributed by atoms with Gasteiger partial charge in [-0.15, -0.1) is 0 Å². The molecule has 0 aliphatic heterocycles. The van der Waals surface area contributed by atoms with Crippen LogP contribution in [0.5, 0.6) is 0 Å². The maximum absolute atomic E-state index is 13.4. The second-order valence-corrected chi connectivity index (χ2v) is 6.33. The molecule has 8 heteroatoms. The number of hydrogen-bond donors (Lipinski definition) is 3. The standard InChI is InChI=1S/C19H20F3N3O2/c1-13-7-8-16(27-13)18(26,19(20,21)22)9-10-23-11-15-12-24-25-17(15)14-5-3-2-4-6-14/h2-8,12,23,26H,9-11H2,1H3,(H,24,25). The van der Waals surface area contributed by atoms with Crippen LogP contribution >= 0.6 is 0 Å². The minimum absolute atomic E-state index is 0.0603. The van der Waals surface area contributed by atoms with Gasteiger partial charge in [-0.25, -0.2) is 0 Å². The van der Waals surface area contributed by atoms with Crippen LogP contribution in [0.15, 0.2) is 53.1 Å². The lowest BCUT2D eigenvalue weighted by Crippen LogP contribution is -2.44. The molecule has 3 aromatic rings. The number of nitrogens with one attached hydrogen (secondary N) is 2. The van der Waals surface area contributed by atoms with E-state index in [0.717, 1.165) is 22.9 Å². The summed E-state index contributed by atoms with van der Waals surface area (Å²) in [6, 6.07) is 12.1. The van der Waals surface area contributed by atoms with Crippen molar-refractivity contribution in [1.82, 2.24) is 15.5 Å². The van der Waals surface area contributed by atoms with Crippen LogP contribution in [-0.4, -0.2) is 28.0 Å². The predicted octanol–water partition coefficient (Wildman–Crippen LogP) is 3.91. The van der Waals surface area contributed by atoms with Crippen LogP contribution in [0.2, 0.25) is 0 Å². The Kier molecular flexibility index (Phi) is 5.38. The number of aromatic amines is 1. The Morgan fingerprint density at radius 1 is 1.15 bits per heavy atom. The molecule has 2 heterocycles. The van der Waals surface area contributed by atoms with E-state index in [-0.39, 0.29) is 6.54 Å².